The van der Waals surface area contributed by atoms with Gasteiger partial charge in [-0.25, -0.2) is 0 Å². The molecule has 0 fully saturated rings. The van der Waals surface area contributed by atoms with Gasteiger partial charge >= 0.3 is 5.97 Å². The maximum absolute atomic E-state index is 10.9. The lowest BCUT2D eigenvalue weighted by atomic mass is 10.3. The first-order valence-corrected chi connectivity index (χ1v) is 3.98. The van der Waals surface area contributed by atoms with Gasteiger partial charge < -0.3 is 10.1 Å². The maximum atomic E-state index is 10.9. The highest BCUT2D eigenvalue weighted by molar-refractivity contribution is 5.97. The Balaban J connectivity index is 3.62. The summed E-state index contributed by atoms with van der Waals surface area (Å²) in [7, 11) is 0. The zero-order chi connectivity index (χ0) is 10.3. The smallest absolute Gasteiger partial charge is 0.313 e. The van der Waals surface area contributed by atoms with Crippen LogP contribution < -0.4 is 5.32 Å². The molecule has 0 rings (SSSR count). The van der Waals surface area contributed by atoms with Crippen molar-refractivity contribution in [3.63, 3.8) is 0 Å². The van der Waals surface area contributed by atoms with E-state index >= 15 is 0 Å². The van der Waals surface area contributed by atoms with Crippen molar-refractivity contribution in [1.82, 2.24) is 5.32 Å². The summed E-state index contributed by atoms with van der Waals surface area (Å²) < 4.78 is 4.55. The molecule has 0 radical (unpaired) electrons. The van der Waals surface area contributed by atoms with Crippen LogP contribution in [0, 0.1) is 0 Å². The minimum absolute atomic E-state index is 0.117. The Labute approximate surface area is 76.4 Å². The normalized spacial score (nSPS) is 9.08. The van der Waals surface area contributed by atoms with Crippen LogP contribution in [0.25, 0.3) is 0 Å². The monoisotopic (exact) mass is 187 g/mol. The number of ketones is 1. The molecule has 0 bridgehead atoms. The van der Waals surface area contributed by atoms with Gasteiger partial charge in [-0.05, 0) is 6.92 Å². The number of ether oxygens (including phenoxy) is 1. The average Bonchev–Trinajstić information content (AvgIpc) is 2.01. The standard InChI is InChI=1S/C8H13NO4/c1-3-13-8(12)4-7(11)5-9-6(2)10/h3-5H2,1-2H3,(H,9,10). The molecule has 0 atom stereocenters. The molecule has 5 nitrogen and oxygen atoms in total. The van der Waals surface area contributed by atoms with E-state index in [1.165, 1.54) is 6.92 Å². The van der Waals surface area contributed by atoms with Crippen LogP contribution in [0.2, 0.25) is 0 Å². The minimum Gasteiger partial charge on any atom is -0.466 e. The van der Waals surface area contributed by atoms with Crippen LogP contribution in [0.3, 0.4) is 0 Å². The third kappa shape index (κ3) is 6.99. The van der Waals surface area contributed by atoms with Gasteiger partial charge in [-0.2, -0.15) is 0 Å². The Morgan fingerprint density at radius 2 is 1.92 bits per heavy atom. The quantitative estimate of drug-likeness (QED) is 0.471. The molecule has 0 aliphatic rings. The lowest BCUT2D eigenvalue weighted by Crippen LogP contribution is -2.28. The Morgan fingerprint density at radius 3 is 2.38 bits per heavy atom. The third-order valence-corrected chi connectivity index (χ3v) is 1.18. The van der Waals surface area contributed by atoms with Crippen LogP contribution in [-0.4, -0.2) is 30.8 Å². The molecule has 0 saturated heterocycles. The van der Waals surface area contributed by atoms with Crippen LogP contribution in [0.5, 0.6) is 0 Å². The highest BCUT2D eigenvalue weighted by atomic mass is 16.5. The number of nitrogens with one attached hydrogen (secondary N) is 1. The molecule has 1 amide bonds. The van der Waals surface area contributed by atoms with E-state index in [1.807, 2.05) is 0 Å². The molecule has 0 spiro atoms. The Hall–Kier alpha value is -1.39. The number of hydrogen-bond donors (Lipinski definition) is 1. The fourth-order valence-corrected chi connectivity index (χ4v) is 0.659. The molecule has 0 aromatic carbocycles. The van der Waals surface area contributed by atoms with E-state index in [1.54, 1.807) is 6.92 Å². The molecule has 0 aromatic heterocycles. The lowest BCUT2D eigenvalue weighted by Gasteiger charge is -2.01. The van der Waals surface area contributed by atoms with Crippen molar-refractivity contribution in [3.8, 4) is 0 Å². The largest absolute Gasteiger partial charge is 0.466 e. The molecular formula is C8H13NO4. The molecule has 0 aromatic rings. The van der Waals surface area contributed by atoms with Crippen molar-refractivity contribution in [3.05, 3.63) is 0 Å². The Bertz CT molecular complexity index is 212. The van der Waals surface area contributed by atoms with Gasteiger partial charge in [0.25, 0.3) is 0 Å². The van der Waals surface area contributed by atoms with Gasteiger partial charge in [-0.15, -0.1) is 0 Å². The molecule has 0 heterocycles. The fraction of sp³-hybridized carbons (Fsp3) is 0.625. The van der Waals surface area contributed by atoms with Gasteiger partial charge in [-0.3, -0.25) is 14.4 Å². The summed E-state index contributed by atoms with van der Waals surface area (Å²) in [5, 5.41) is 2.30. The molecule has 13 heavy (non-hydrogen) atoms. The van der Waals surface area contributed by atoms with Crippen molar-refractivity contribution in [1.29, 1.82) is 0 Å². The zero-order valence-electron chi connectivity index (χ0n) is 7.75. The molecule has 1 N–H and O–H groups in total. The number of rotatable bonds is 5. The second kappa shape index (κ2) is 6.16. The fourth-order valence-electron chi connectivity index (χ4n) is 0.659. The molecule has 5 heteroatoms. The highest BCUT2D eigenvalue weighted by Gasteiger charge is 2.09. The van der Waals surface area contributed by atoms with Gasteiger partial charge in [0, 0.05) is 6.92 Å². The summed E-state index contributed by atoms with van der Waals surface area (Å²) in [6.45, 7) is 3.11. The van der Waals surface area contributed by atoms with E-state index in [4.69, 9.17) is 0 Å². The second-order valence-electron chi connectivity index (χ2n) is 2.43. The van der Waals surface area contributed by atoms with Crippen LogP contribution in [0.4, 0.5) is 0 Å². The van der Waals surface area contributed by atoms with Crippen LogP contribution in [-0.2, 0) is 19.1 Å². The average molecular weight is 187 g/mol. The first-order valence-electron chi connectivity index (χ1n) is 3.98. The molecule has 0 aliphatic heterocycles. The van der Waals surface area contributed by atoms with Gasteiger partial charge in [-0.1, -0.05) is 0 Å². The summed E-state index contributed by atoms with van der Waals surface area (Å²) in [6, 6.07) is 0. The maximum Gasteiger partial charge on any atom is 0.313 e. The van der Waals surface area contributed by atoms with E-state index in [-0.39, 0.29) is 31.3 Å². The van der Waals surface area contributed by atoms with Crippen molar-refractivity contribution in [2.45, 2.75) is 20.3 Å². The Kier molecular flexibility index (Phi) is 5.50. The summed E-state index contributed by atoms with van der Waals surface area (Å²) >= 11 is 0. The summed E-state index contributed by atoms with van der Waals surface area (Å²) in [4.78, 5) is 32.0. The molecule has 0 saturated carbocycles. The second-order valence-corrected chi connectivity index (χ2v) is 2.43. The first kappa shape index (κ1) is 11.6. The number of Topliss-reactive ketones (excluding diaryl/α,β-unsaturated/α-hetero) is 1. The summed E-state index contributed by atoms with van der Waals surface area (Å²) in [6.07, 6.45) is -0.284. The number of hydrogen-bond acceptors (Lipinski definition) is 4. The number of carbonyl (C=O) groups excluding carboxylic acids is 3. The molecule has 0 unspecified atom stereocenters. The SMILES string of the molecule is CCOC(=O)CC(=O)CNC(C)=O. The predicted octanol–water partition coefficient (Wildman–Crippen LogP) is -0.355. The molecule has 74 valence electrons. The number of esters is 1. The predicted molar refractivity (Wildman–Crippen MR) is 44.9 cm³/mol. The highest BCUT2D eigenvalue weighted by Crippen LogP contribution is 1.87. The topological polar surface area (TPSA) is 72.5 Å². The molecule has 0 aliphatic carbocycles. The van der Waals surface area contributed by atoms with Crippen LogP contribution >= 0.6 is 0 Å². The number of amides is 1. The lowest BCUT2D eigenvalue weighted by molar-refractivity contribution is -0.145. The number of carbonyl (C=O) groups is 3. The summed E-state index contributed by atoms with van der Waals surface area (Å²) in [5.74, 6) is -1.20. The third-order valence-electron chi connectivity index (χ3n) is 1.18. The van der Waals surface area contributed by atoms with E-state index in [2.05, 4.69) is 10.1 Å². The zero-order valence-corrected chi connectivity index (χ0v) is 7.75. The van der Waals surface area contributed by atoms with Crippen molar-refractivity contribution < 1.29 is 19.1 Å². The van der Waals surface area contributed by atoms with Gasteiger partial charge in [0.05, 0.1) is 13.2 Å². The van der Waals surface area contributed by atoms with Crippen molar-refractivity contribution >= 4 is 17.7 Å². The van der Waals surface area contributed by atoms with Crippen LogP contribution in [0.15, 0.2) is 0 Å². The van der Waals surface area contributed by atoms with Gasteiger partial charge in [0.15, 0.2) is 5.78 Å². The van der Waals surface area contributed by atoms with Gasteiger partial charge in [0.1, 0.15) is 6.42 Å². The first-order chi connectivity index (χ1) is 6.06. The summed E-state index contributed by atoms with van der Waals surface area (Å²) in [5.41, 5.74) is 0. The van der Waals surface area contributed by atoms with Crippen molar-refractivity contribution in [2.24, 2.45) is 0 Å². The van der Waals surface area contributed by atoms with E-state index in [9.17, 15) is 14.4 Å². The molecular weight excluding hydrogens is 174 g/mol. The van der Waals surface area contributed by atoms with E-state index in [0.717, 1.165) is 0 Å². The van der Waals surface area contributed by atoms with E-state index in [0.29, 0.717) is 0 Å². The Morgan fingerprint density at radius 1 is 1.31 bits per heavy atom. The van der Waals surface area contributed by atoms with Crippen LogP contribution in [0.1, 0.15) is 20.3 Å². The van der Waals surface area contributed by atoms with E-state index < -0.39 is 5.97 Å². The minimum atomic E-state index is -0.558. The van der Waals surface area contributed by atoms with Gasteiger partial charge in [0.2, 0.25) is 5.91 Å². The van der Waals surface area contributed by atoms with Crippen molar-refractivity contribution in [2.75, 3.05) is 13.2 Å².